The van der Waals surface area contributed by atoms with Crippen molar-refractivity contribution in [1.29, 1.82) is 0 Å². The monoisotopic (exact) mass is 361 g/mol. The molecule has 6 heteroatoms. The van der Waals surface area contributed by atoms with Crippen LogP contribution in [0.4, 0.5) is 0 Å². The lowest BCUT2D eigenvalue weighted by atomic mass is 9.68. The molecule has 26 heavy (non-hydrogen) atoms. The summed E-state index contributed by atoms with van der Waals surface area (Å²) in [5.74, 6) is 3.25. The van der Waals surface area contributed by atoms with Gasteiger partial charge in [-0.2, -0.15) is 0 Å². The van der Waals surface area contributed by atoms with Crippen molar-refractivity contribution in [2.75, 3.05) is 47.5 Å². The highest BCUT2D eigenvalue weighted by Gasteiger charge is 2.43. The zero-order valence-corrected chi connectivity index (χ0v) is 16.2. The SMILES string of the molecule is CN=C(NCCCOc1cc(OC)cc(OC)c1)N1CCC2(CCC2)C1. The summed E-state index contributed by atoms with van der Waals surface area (Å²) in [5, 5.41) is 3.48. The molecule has 2 fully saturated rings. The first-order valence-corrected chi connectivity index (χ1v) is 9.49. The maximum atomic E-state index is 5.84. The van der Waals surface area contributed by atoms with Gasteiger partial charge in [0.15, 0.2) is 5.96 Å². The van der Waals surface area contributed by atoms with Gasteiger partial charge in [-0.15, -0.1) is 0 Å². The molecule has 1 spiro atoms. The number of nitrogens with zero attached hydrogens (tertiary/aromatic N) is 2. The van der Waals surface area contributed by atoms with E-state index in [2.05, 4.69) is 15.2 Å². The van der Waals surface area contributed by atoms with Gasteiger partial charge in [-0.25, -0.2) is 0 Å². The van der Waals surface area contributed by atoms with Gasteiger partial charge in [-0.05, 0) is 31.1 Å². The Bertz CT molecular complexity index is 606. The van der Waals surface area contributed by atoms with E-state index in [1.807, 2.05) is 25.2 Å². The second-order valence-corrected chi connectivity index (χ2v) is 7.25. The first kappa shape index (κ1) is 18.7. The molecule has 6 nitrogen and oxygen atoms in total. The van der Waals surface area contributed by atoms with E-state index in [4.69, 9.17) is 14.2 Å². The third kappa shape index (κ3) is 4.34. The van der Waals surface area contributed by atoms with Gasteiger partial charge in [0.25, 0.3) is 0 Å². The summed E-state index contributed by atoms with van der Waals surface area (Å²) in [6, 6.07) is 5.58. The Labute approximate surface area is 156 Å². The average Bonchev–Trinajstić information content (AvgIpc) is 3.10. The number of hydrogen-bond acceptors (Lipinski definition) is 4. The van der Waals surface area contributed by atoms with Crippen LogP contribution in [0.2, 0.25) is 0 Å². The number of benzene rings is 1. The molecule has 1 saturated heterocycles. The van der Waals surface area contributed by atoms with Crippen LogP contribution in [0.1, 0.15) is 32.1 Å². The number of ether oxygens (including phenoxy) is 3. The van der Waals surface area contributed by atoms with E-state index in [0.717, 1.165) is 49.3 Å². The minimum atomic E-state index is 0.589. The fraction of sp³-hybridized carbons (Fsp3) is 0.650. The summed E-state index contributed by atoms with van der Waals surface area (Å²) in [6.45, 7) is 3.76. The molecule has 1 heterocycles. The van der Waals surface area contributed by atoms with Crippen LogP contribution in [-0.2, 0) is 0 Å². The van der Waals surface area contributed by atoms with Gasteiger partial charge >= 0.3 is 0 Å². The van der Waals surface area contributed by atoms with Gasteiger partial charge in [0.2, 0.25) is 0 Å². The van der Waals surface area contributed by atoms with Crippen molar-refractivity contribution in [2.45, 2.75) is 32.1 Å². The number of guanidine groups is 1. The number of rotatable bonds is 7. The molecule has 0 unspecified atom stereocenters. The number of nitrogens with one attached hydrogen (secondary N) is 1. The zero-order valence-electron chi connectivity index (χ0n) is 16.2. The molecule has 0 amide bonds. The van der Waals surface area contributed by atoms with E-state index < -0.39 is 0 Å². The molecule has 144 valence electrons. The minimum Gasteiger partial charge on any atom is -0.496 e. The predicted octanol–water partition coefficient (Wildman–Crippen LogP) is 2.92. The average molecular weight is 361 g/mol. The highest BCUT2D eigenvalue weighted by Crippen LogP contribution is 2.47. The van der Waals surface area contributed by atoms with E-state index in [1.54, 1.807) is 14.2 Å². The van der Waals surface area contributed by atoms with Gasteiger partial charge in [0.1, 0.15) is 17.2 Å². The maximum Gasteiger partial charge on any atom is 0.193 e. The van der Waals surface area contributed by atoms with Crippen molar-refractivity contribution in [1.82, 2.24) is 10.2 Å². The van der Waals surface area contributed by atoms with Gasteiger partial charge in [-0.1, -0.05) is 6.42 Å². The summed E-state index contributed by atoms with van der Waals surface area (Å²) < 4.78 is 16.4. The van der Waals surface area contributed by atoms with Crippen LogP contribution in [0.3, 0.4) is 0 Å². The molecule has 1 aromatic carbocycles. The second kappa shape index (κ2) is 8.52. The van der Waals surface area contributed by atoms with Crippen LogP contribution in [0.15, 0.2) is 23.2 Å². The lowest BCUT2D eigenvalue weighted by Gasteiger charge is -2.38. The molecule has 2 aliphatic rings. The number of methoxy groups -OCH3 is 2. The second-order valence-electron chi connectivity index (χ2n) is 7.25. The summed E-state index contributed by atoms with van der Waals surface area (Å²) in [4.78, 5) is 6.86. The fourth-order valence-electron chi connectivity index (χ4n) is 3.86. The van der Waals surface area contributed by atoms with E-state index in [-0.39, 0.29) is 0 Å². The van der Waals surface area contributed by atoms with Crippen LogP contribution < -0.4 is 19.5 Å². The molecular formula is C20H31N3O3. The standard InChI is InChI=1S/C20H31N3O3/c1-21-19(23-10-8-20(15-23)6-4-7-20)22-9-5-11-26-18-13-16(24-2)12-17(14-18)25-3/h12-14H,4-11,15H2,1-3H3,(H,21,22). The Morgan fingerprint density at radius 3 is 2.35 bits per heavy atom. The summed E-state index contributed by atoms with van der Waals surface area (Å²) in [7, 11) is 5.15. The largest absolute Gasteiger partial charge is 0.496 e. The Balaban J connectivity index is 1.40. The molecule has 3 rings (SSSR count). The van der Waals surface area contributed by atoms with Crippen molar-refractivity contribution in [3.63, 3.8) is 0 Å². The Kier molecular flexibility index (Phi) is 6.12. The summed E-state index contributed by atoms with van der Waals surface area (Å²) in [5.41, 5.74) is 0.589. The molecule has 1 aromatic rings. The van der Waals surface area contributed by atoms with Crippen molar-refractivity contribution < 1.29 is 14.2 Å². The molecule has 0 radical (unpaired) electrons. The lowest BCUT2D eigenvalue weighted by molar-refractivity contribution is 0.151. The Morgan fingerprint density at radius 1 is 1.12 bits per heavy atom. The fourth-order valence-corrected chi connectivity index (χ4v) is 3.86. The smallest absolute Gasteiger partial charge is 0.193 e. The molecule has 1 saturated carbocycles. The van der Waals surface area contributed by atoms with Crippen molar-refractivity contribution >= 4 is 5.96 Å². The quantitative estimate of drug-likeness (QED) is 0.460. The number of aliphatic imine (C=N–C) groups is 1. The van der Waals surface area contributed by atoms with Crippen LogP contribution in [0.5, 0.6) is 17.2 Å². The first-order valence-electron chi connectivity index (χ1n) is 9.49. The molecule has 0 atom stereocenters. The van der Waals surface area contributed by atoms with Crippen LogP contribution in [0.25, 0.3) is 0 Å². The van der Waals surface area contributed by atoms with Crippen molar-refractivity contribution in [3.05, 3.63) is 18.2 Å². The summed E-state index contributed by atoms with van der Waals surface area (Å²) in [6.07, 6.45) is 6.38. The van der Waals surface area contributed by atoms with Gasteiger partial charge < -0.3 is 24.4 Å². The third-order valence-electron chi connectivity index (χ3n) is 5.56. The zero-order chi connectivity index (χ0) is 18.4. The topological polar surface area (TPSA) is 55.3 Å². The Morgan fingerprint density at radius 2 is 1.81 bits per heavy atom. The van der Waals surface area contributed by atoms with Gasteiger partial charge in [0.05, 0.1) is 20.8 Å². The molecule has 0 bridgehead atoms. The van der Waals surface area contributed by atoms with E-state index in [0.29, 0.717) is 12.0 Å². The molecule has 1 aliphatic carbocycles. The number of hydrogen-bond donors (Lipinski definition) is 1. The molecule has 1 N–H and O–H groups in total. The highest BCUT2D eigenvalue weighted by molar-refractivity contribution is 5.80. The first-order chi connectivity index (χ1) is 12.7. The van der Waals surface area contributed by atoms with Gasteiger partial charge in [-0.3, -0.25) is 4.99 Å². The molecule has 1 aliphatic heterocycles. The normalized spacial score (nSPS) is 18.6. The van der Waals surface area contributed by atoms with Crippen LogP contribution in [0, 0.1) is 5.41 Å². The lowest BCUT2D eigenvalue weighted by Crippen LogP contribution is -2.43. The predicted molar refractivity (Wildman–Crippen MR) is 103 cm³/mol. The minimum absolute atomic E-state index is 0.589. The van der Waals surface area contributed by atoms with Crippen LogP contribution >= 0.6 is 0 Å². The maximum absolute atomic E-state index is 5.84. The van der Waals surface area contributed by atoms with Crippen molar-refractivity contribution in [2.24, 2.45) is 10.4 Å². The third-order valence-corrected chi connectivity index (χ3v) is 5.56. The molecule has 0 aromatic heterocycles. The highest BCUT2D eigenvalue weighted by atomic mass is 16.5. The molecular weight excluding hydrogens is 330 g/mol. The van der Waals surface area contributed by atoms with E-state index in [1.165, 1.54) is 25.7 Å². The van der Waals surface area contributed by atoms with Gasteiger partial charge in [0, 0.05) is 44.9 Å². The van der Waals surface area contributed by atoms with Crippen LogP contribution in [-0.4, -0.2) is 58.4 Å². The van der Waals surface area contributed by atoms with E-state index in [9.17, 15) is 0 Å². The van der Waals surface area contributed by atoms with E-state index >= 15 is 0 Å². The Hall–Kier alpha value is -2.11. The number of likely N-dealkylation sites (tertiary alicyclic amines) is 1. The van der Waals surface area contributed by atoms with Crippen molar-refractivity contribution in [3.8, 4) is 17.2 Å². The summed E-state index contributed by atoms with van der Waals surface area (Å²) >= 11 is 0.